The maximum Gasteiger partial charge on any atom is 0.216 e. The number of benzene rings is 1. The van der Waals surface area contributed by atoms with E-state index in [0.717, 1.165) is 11.1 Å². The lowest BCUT2D eigenvalue weighted by atomic mass is 10.1. The van der Waals surface area contributed by atoms with Crippen molar-refractivity contribution in [2.75, 3.05) is 12.8 Å². The van der Waals surface area contributed by atoms with E-state index in [2.05, 4.69) is 15.0 Å². The van der Waals surface area contributed by atoms with Gasteiger partial charge in [0.1, 0.15) is 11.6 Å². The molecule has 6 nitrogen and oxygen atoms in total. The number of nitrogens with zero attached hydrogens (tertiary/aromatic N) is 3. The Kier molecular flexibility index (Phi) is 4.89. The molecule has 0 amide bonds. The molecule has 0 atom stereocenters. The summed E-state index contributed by atoms with van der Waals surface area (Å²) in [6, 6.07) is 11.7. The van der Waals surface area contributed by atoms with Gasteiger partial charge >= 0.3 is 0 Å². The van der Waals surface area contributed by atoms with Crippen molar-refractivity contribution in [3.8, 4) is 17.4 Å². The van der Waals surface area contributed by atoms with Crippen LogP contribution in [0, 0.1) is 6.92 Å². The molecule has 2 N–H and O–H groups in total. The molecule has 25 heavy (non-hydrogen) atoms. The number of anilines is 1. The van der Waals surface area contributed by atoms with E-state index >= 15 is 0 Å². The average Bonchev–Trinajstić information content (AvgIpc) is 2.63. The first-order chi connectivity index (χ1) is 12.2. The number of rotatable bonds is 5. The molecule has 0 bridgehead atoms. The van der Waals surface area contributed by atoms with Crippen LogP contribution in [0.15, 0.2) is 48.8 Å². The molecule has 0 saturated heterocycles. The summed E-state index contributed by atoms with van der Waals surface area (Å²) in [4.78, 5) is 12.5. The Labute approximate surface area is 146 Å². The van der Waals surface area contributed by atoms with Crippen LogP contribution in [0.4, 0.5) is 5.82 Å². The minimum Gasteiger partial charge on any atom is -0.481 e. The van der Waals surface area contributed by atoms with Crippen LogP contribution in [0.5, 0.6) is 17.4 Å². The fourth-order valence-electron chi connectivity index (χ4n) is 2.18. The molecule has 2 aromatic heterocycles. The van der Waals surface area contributed by atoms with E-state index in [1.807, 2.05) is 42.5 Å². The van der Waals surface area contributed by atoms with Gasteiger partial charge in [-0.05, 0) is 18.6 Å². The largest absolute Gasteiger partial charge is 0.481 e. The lowest BCUT2D eigenvalue weighted by Crippen LogP contribution is -2.00. The van der Waals surface area contributed by atoms with Crippen molar-refractivity contribution in [3.63, 3.8) is 0 Å². The molecule has 1 aromatic carbocycles. The van der Waals surface area contributed by atoms with Gasteiger partial charge in [0, 0.05) is 17.8 Å². The summed E-state index contributed by atoms with van der Waals surface area (Å²) < 4.78 is 11.1. The molecule has 126 valence electrons. The third-order valence-corrected chi connectivity index (χ3v) is 3.46. The molecule has 0 spiro atoms. The zero-order valence-electron chi connectivity index (χ0n) is 14.0. The third kappa shape index (κ3) is 4.11. The van der Waals surface area contributed by atoms with E-state index in [4.69, 9.17) is 15.2 Å². The molecule has 6 heteroatoms. The van der Waals surface area contributed by atoms with E-state index in [1.54, 1.807) is 32.5 Å². The Morgan fingerprint density at radius 2 is 1.80 bits per heavy atom. The van der Waals surface area contributed by atoms with E-state index in [-0.39, 0.29) is 5.82 Å². The maximum atomic E-state index is 5.91. The van der Waals surface area contributed by atoms with Gasteiger partial charge in [-0.25, -0.2) is 15.0 Å². The van der Waals surface area contributed by atoms with Gasteiger partial charge < -0.3 is 15.2 Å². The number of hydrogen-bond acceptors (Lipinski definition) is 6. The quantitative estimate of drug-likeness (QED) is 0.765. The van der Waals surface area contributed by atoms with Gasteiger partial charge in [-0.1, -0.05) is 36.4 Å². The molecule has 0 fully saturated rings. The first kappa shape index (κ1) is 16.4. The van der Waals surface area contributed by atoms with Gasteiger partial charge in [0.05, 0.1) is 13.3 Å². The van der Waals surface area contributed by atoms with Crippen molar-refractivity contribution in [2.45, 2.75) is 6.92 Å². The summed E-state index contributed by atoms with van der Waals surface area (Å²) in [5.41, 5.74) is 7.77. The van der Waals surface area contributed by atoms with Crippen LogP contribution < -0.4 is 15.2 Å². The van der Waals surface area contributed by atoms with Gasteiger partial charge in [0.2, 0.25) is 5.88 Å². The second-order valence-electron chi connectivity index (χ2n) is 5.28. The Morgan fingerprint density at radius 3 is 2.52 bits per heavy atom. The standard InChI is InChI=1S/C19H18N4O2/c1-13-21-12-17(19(20)23-13)25-16-10-18(24-2)22-11-15(16)9-8-14-6-4-3-5-7-14/h3-12H,1-2H3,(H2,20,21,23)/b9-8+. The second kappa shape index (κ2) is 7.44. The minimum absolute atomic E-state index is 0.279. The van der Waals surface area contributed by atoms with Crippen LogP contribution in [0.2, 0.25) is 0 Å². The predicted molar refractivity (Wildman–Crippen MR) is 97.4 cm³/mol. The van der Waals surface area contributed by atoms with Crippen LogP contribution in [-0.2, 0) is 0 Å². The zero-order valence-corrected chi connectivity index (χ0v) is 14.0. The molecule has 0 saturated carbocycles. The normalized spacial score (nSPS) is 10.8. The Bertz CT molecular complexity index is 895. The smallest absolute Gasteiger partial charge is 0.216 e. The number of pyridine rings is 1. The topological polar surface area (TPSA) is 83.2 Å². The molecule has 3 rings (SSSR count). The number of hydrogen-bond donors (Lipinski definition) is 1. The molecule has 3 aromatic rings. The van der Waals surface area contributed by atoms with Gasteiger partial charge in [-0.3, -0.25) is 0 Å². The molecule has 0 unspecified atom stereocenters. The molecular formula is C19H18N4O2. The monoisotopic (exact) mass is 334 g/mol. The molecule has 0 aliphatic heterocycles. The third-order valence-electron chi connectivity index (χ3n) is 3.46. The fraction of sp³-hybridized carbons (Fsp3) is 0.105. The van der Waals surface area contributed by atoms with Crippen molar-refractivity contribution in [2.24, 2.45) is 0 Å². The van der Waals surface area contributed by atoms with Crippen molar-refractivity contribution in [3.05, 3.63) is 65.7 Å². The number of aryl methyl sites for hydroxylation is 1. The van der Waals surface area contributed by atoms with E-state index < -0.39 is 0 Å². The molecule has 0 aliphatic carbocycles. The molecule has 0 aliphatic rings. The maximum absolute atomic E-state index is 5.91. The van der Waals surface area contributed by atoms with Gasteiger partial charge in [-0.15, -0.1) is 0 Å². The van der Waals surface area contributed by atoms with Crippen LogP contribution in [0.3, 0.4) is 0 Å². The van der Waals surface area contributed by atoms with Crippen LogP contribution in [0.1, 0.15) is 17.0 Å². The lowest BCUT2D eigenvalue weighted by molar-refractivity contribution is 0.392. The number of ether oxygens (including phenoxy) is 2. The van der Waals surface area contributed by atoms with Gasteiger partial charge in [0.25, 0.3) is 0 Å². The predicted octanol–water partition coefficient (Wildman–Crippen LogP) is 3.73. The van der Waals surface area contributed by atoms with Gasteiger partial charge in [0.15, 0.2) is 11.6 Å². The Hall–Kier alpha value is -3.41. The van der Waals surface area contributed by atoms with Crippen LogP contribution in [-0.4, -0.2) is 22.1 Å². The number of nitrogen functional groups attached to an aromatic ring is 1. The van der Waals surface area contributed by atoms with E-state index in [0.29, 0.717) is 23.2 Å². The minimum atomic E-state index is 0.279. The highest BCUT2D eigenvalue weighted by Gasteiger charge is 2.10. The van der Waals surface area contributed by atoms with Crippen molar-refractivity contribution >= 4 is 18.0 Å². The Balaban J connectivity index is 1.94. The molecule has 2 heterocycles. The summed E-state index contributed by atoms with van der Waals surface area (Å²) in [6.07, 6.45) is 7.13. The van der Waals surface area contributed by atoms with E-state index in [1.165, 1.54) is 0 Å². The summed E-state index contributed by atoms with van der Waals surface area (Å²) in [7, 11) is 1.55. The molecule has 0 radical (unpaired) electrons. The summed E-state index contributed by atoms with van der Waals surface area (Å²) in [5, 5.41) is 0. The number of methoxy groups -OCH3 is 1. The van der Waals surface area contributed by atoms with E-state index in [9.17, 15) is 0 Å². The van der Waals surface area contributed by atoms with Crippen LogP contribution >= 0.6 is 0 Å². The highest BCUT2D eigenvalue weighted by Crippen LogP contribution is 2.31. The zero-order chi connectivity index (χ0) is 17.6. The average molecular weight is 334 g/mol. The highest BCUT2D eigenvalue weighted by atomic mass is 16.5. The van der Waals surface area contributed by atoms with Crippen molar-refractivity contribution in [1.29, 1.82) is 0 Å². The number of nitrogens with two attached hydrogens (primary N) is 1. The van der Waals surface area contributed by atoms with Crippen molar-refractivity contribution in [1.82, 2.24) is 15.0 Å². The number of aromatic nitrogens is 3. The first-order valence-electron chi connectivity index (χ1n) is 7.70. The first-order valence-corrected chi connectivity index (χ1v) is 7.70. The van der Waals surface area contributed by atoms with Gasteiger partial charge in [-0.2, -0.15) is 0 Å². The SMILES string of the molecule is COc1cc(Oc2cnc(C)nc2N)c(/C=C/c2ccccc2)cn1. The highest BCUT2D eigenvalue weighted by molar-refractivity contribution is 5.72. The van der Waals surface area contributed by atoms with Crippen LogP contribution in [0.25, 0.3) is 12.2 Å². The second-order valence-corrected chi connectivity index (χ2v) is 5.28. The fourth-order valence-corrected chi connectivity index (χ4v) is 2.18. The Morgan fingerprint density at radius 1 is 1.00 bits per heavy atom. The summed E-state index contributed by atoms with van der Waals surface area (Å²) in [6.45, 7) is 1.77. The lowest BCUT2D eigenvalue weighted by Gasteiger charge is -2.11. The summed E-state index contributed by atoms with van der Waals surface area (Å²) >= 11 is 0. The van der Waals surface area contributed by atoms with Crippen molar-refractivity contribution < 1.29 is 9.47 Å². The summed E-state index contributed by atoms with van der Waals surface area (Å²) in [5.74, 6) is 2.24. The molecular weight excluding hydrogens is 316 g/mol.